The molecule has 0 bridgehead atoms. The molecule has 0 aliphatic rings. The zero-order valence-electron chi connectivity index (χ0n) is 7.42. The second-order valence-electron chi connectivity index (χ2n) is 2.66. The van der Waals surface area contributed by atoms with Gasteiger partial charge >= 0.3 is 0 Å². The molecule has 1 rings (SSSR count). The van der Waals surface area contributed by atoms with E-state index in [1.54, 1.807) is 11.9 Å². The van der Waals surface area contributed by atoms with Crippen LogP contribution >= 0.6 is 11.9 Å². The molecule has 0 aliphatic heterocycles. The Morgan fingerprint density at radius 1 is 1.25 bits per heavy atom. The van der Waals surface area contributed by atoms with Gasteiger partial charge in [0.05, 0.1) is 0 Å². The quantitative estimate of drug-likeness (QED) is 0.554. The molecule has 0 radical (unpaired) electrons. The molecule has 2 heteroatoms. The monoisotopic (exact) mass is 181 g/mol. The summed E-state index contributed by atoms with van der Waals surface area (Å²) in [7, 11) is 0. The van der Waals surface area contributed by atoms with Crippen LogP contribution in [0.25, 0.3) is 0 Å². The van der Waals surface area contributed by atoms with E-state index in [0.29, 0.717) is 0 Å². The Morgan fingerprint density at radius 2 is 2.00 bits per heavy atom. The predicted octanol–water partition coefficient (Wildman–Crippen LogP) is 2.83. The summed E-state index contributed by atoms with van der Waals surface area (Å²) in [6.07, 6.45) is 1.23. The molecule has 1 nitrogen and oxygen atoms in total. The Labute approximate surface area is 78.7 Å². The van der Waals surface area contributed by atoms with Crippen molar-refractivity contribution in [1.29, 1.82) is 0 Å². The van der Waals surface area contributed by atoms with Crippen LogP contribution in [-0.4, -0.2) is 5.75 Å². The molecule has 66 valence electrons. The van der Waals surface area contributed by atoms with Gasteiger partial charge in [0.1, 0.15) is 0 Å². The van der Waals surface area contributed by atoms with Crippen molar-refractivity contribution in [3.63, 3.8) is 0 Å². The summed E-state index contributed by atoms with van der Waals surface area (Å²) in [4.78, 5) is 0. The molecule has 0 fully saturated rings. The van der Waals surface area contributed by atoms with E-state index in [4.69, 9.17) is 0 Å². The minimum absolute atomic E-state index is 0.964. The molecule has 12 heavy (non-hydrogen) atoms. The lowest BCUT2D eigenvalue weighted by atomic mass is 10.2. The summed E-state index contributed by atoms with van der Waals surface area (Å²) >= 11 is 1.80. The topological polar surface area (TPSA) is 12.0 Å². The Bertz CT molecular complexity index is 198. The van der Waals surface area contributed by atoms with Crippen molar-refractivity contribution < 1.29 is 0 Å². The fourth-order valence-corrected chi connectivity index (χ4v) is 1.52. The largest absolute Gasteiger partial charge is 0.260 e. The van der Waals surface area contributed by atoms with Crippen LogP contribution in [0.15, 0.2) is 30.3 Å². The van der Waals surface area contributed by atoms with Gasteiger partial charge in [-0.1, -0.05) is 49.2 Å². The minimum atomic E-state index is 0.964. The highest BCUT2D eigenvalue weighted by atomic mass is 32.2. The number of nitrogens with one attached hydrogen (secondary N) is 1. The number of benzene rings is 1. The zero-order chi connectivity index (χ0) is 8.65. The van der Waals surface area contributed by atoms with Crippen LogP contribution in [0.4, 0.5) is 0 Å². The third kappa shape index (κ3) is 3.79. The molecule has 1 aromatic carbocycles. The van der Waals surface area contributed by atoms with Gasteiger partial charge in [-0.3, -0.25) is 4.72 Å². The van der Waals surface area contributed by atoms with Gasteiger partial charge in [-0.05, 0) is 12.0 Å². The highest BCUT2D eigenvalue weighted by Crippen LogP contribution is 2.01. The Balaban J connectivity index is 2.16. The van der Waals surface area contributed by atoms with Crippen LogP contribution in [0.2, 0.25) is 0 Å². The first-order valence-corrected chi connectivity index (χ1v) is 5.30. The molecule has 0 spiro atoms. The lowest BCUT2D eigenvalue weighted by Crippen LogP contribution is -2.03. The molecule has 1 N–H and O–H groups in total. The average molecular weight is 181 g/mol. The molecular formula is C10H15NS. The second kappa shape index (κ2) is 6.09. The van der Waals surface area contributed by atoms with Gasteiger partial charge in [0.25, 0.3) is 0 Å². The van der Waals surface area contributed by atoms with E-state index >= 15 is 0 Å². The lowest BCUT2D eigenvalue weighted by Gasteiger charge is -2.01. The van der Waals surface area contributed by atoms with Crippen molar-refractivity contribution in [2.45, 2.75) is 19.9 Å². The zero-order valence-corrected chi connectivity index (χ0v) is 8.23. The van der Waals surface area contributed by atoms with Crippen LogP contribution in [0.3, 0.4) is 0 Å². The summed E-state index contributed by atoms with van der Waals surface area (Å²) in [6, 6.07) is 10.5. The molecule has 0 aromatic heterocycles. The fourth-order valence-electron chi connectivity index (χ4n) is 0.904. The van der Waals surface area contributed by atoms with E-state index < -0.39 is 0 Å². The average Bonchev–Trinajstić information content (AvgIpc) is 2.14. The number of hydrogen-bond donors (Lipinski definition) is 1. The maximum absolute atomic E-state index is 3.32. The summed E-state index contributed by atoms with van der Waals surface area (Å²) in [6.45, 7) is 3.16. The Hall–Kier alpha value is -0.470. The van der Waals surface area contributed by atoms with Crippen molar-refractivity contribution in [1.82, 2.24) is 4.72 Å². The standard InChI is InChI=1S/C10H15NS/c1-2-8-12-11-9-10-6-4-3-5-7-10/h3-7,11H,2,8-9H2,1H3. The highest BCUT2D eigenvalue weighted by molar-refractivity contribution is 7.97. The first-order chi connectivity index (χ1) is 5.93. The lowest BCUT2D eigenvalue weighted by molar-refractivity contribution is 0.967. The fraction of sp³-hybridized carbons (Fsp3) is 0.400. The number of hydrogen-bond acceptors (Lipinski definition) is 2. The molecule has 0 atom stereocenters. The molecule has 0 amide bonds. The van der Waals surface area contributed by atoms with Gasteiger partial charge < -0.3 is 0 Å². The first kappa shape index (κ1) is 9.62. The number of rotatable bonds is 5. The van der Waals surface area contributed by atoms with Gasteiger partial charge in [-0.2, -0.15) is 0 Å². The third-order valence-corrected chi connectivity index (χ3v) is 2.49. The van der Waals surface area contributed by atoms with Crippen LogP contribution < -0.4 is 4.72 Å². The predicted molar refractivity (Wildman–Crippen MR) is 56.0 cm³/mol. The van der Waals surface area contributed by atoms with Crippen LogP contribution in [0.5, 0.6) is 0 Å². The molecule has 1 aromatic rings. The van der Waals surface area contributed by atoms with Crippen LogP contribution in [0, 0.1) is 0 Å². The minimum Gasteiger partial charge on any atom is -0.260 e. The van der Waals surface area contributed by atoms with Crippen molar-refractivity contribution in [2.24, 2.45) is 0 Å². The smallest absolute Gasteiger partial charge is 0.0309 e. The Morgan fingerprint density at radius 3 is 2.67 bits per heavy atom. The molecule has 0 saturated carbocycles. The second-order valence-corrected chi connectivity index (χ2v) is 3.64. The van der Waals surface area contributed by atoms with Gasteiger partial charge in [0, 0.05) is 12.3 Å². The van der Waals surface area contributed by atoms with Crippen molar-refractivity contribution in [3.8, 4) is 0 Å². The first-order valence-electron chi connectivity index (χ1n) is 4.32. The third-order valence-electron chi connectivity index (χ3n) is 1.53. The van der Waals surface area contributed by atoms with Gasteiger partial charge in [0.2, 0.25) is 0 Å². The van der Waals surface area contributed by atoms with E-state index in [1.165, 1.54) is 17.7 Å². The molecule has 0 saturated heterocycles. The molecular weight excluding hydrogens is 166 g/mol. The highest BCUT2D eigenvalue weighted by Gasteiger charge is 1.89. The SMILES string of the molecule is CCCSNCc1ccccc1. The summed E-state index contributed by atoms with van der Waals surface area (Å²) < 4.78 is 3.32. The summed E-state index contributed by atoms with van der Waals surface area (Å²) in [5, 5.41) is 0. The van der Waals surface area contributed by atoms with Gasteiger partial charge in [-0.15, -0.1) is 0 Å². The van der Waals surface area contributed by atoms with E-state index in [-0.39, 0.29) is 0 Å². The molecule has 0 unspecified atom stereocenters. The van der Waals surface area contributed by atoms with E-state index in [0.717, 1.165) is 6.54 Å². The summed E-state index contributed by atoms with van der Waals surface area (Å²) in [5.74, 6) is 1.19. The maximum Gasteiger partial charge on any atom is 0.0309 e. The normalized spacial score (nSPS) is 10.1. The van der Waals surface area contributed by atoms with Gasteiger partial charge in [-0.25, -0.2) is 0 Å². The van der Waals surface area contributed by atoms with E-state index in [2.05, 4.69) is 35.9 Å². The maximum atomic E-state index is 3.32. The van der Waals surface area contributed by atoms with Gasteiger partial charge in [0.15, 0.2) is 0 Å². The Kier molecular flexibility index (Phi) is 4.88. The molecule has 0 aliphatic carbocycles. The van der Waals surface area contributed by atoms with Crippen molar-refractivity contribution >= 4 is 11.9 Å². The van der Waals surface area contributed by atoms with Crippen LogP contribution in [0.1, 0.15) is 18.9 Å². The molecule has 0 heterocycles. The van der Waals surface area contributed by atoms with Crippen molar-refractivity contribution in [3.05, 3.63) is 35.9 Å². The van der Waals surface area contributed by atoms with Crippen LogP contribution in [-0.2, 0) is 6.54 Å². The van der Waals surface area contributed by atoms with E-state index in [9.17, 15) is 0 Å². The van der Waals surface area contributed by atoms with E-state index in [1.807, 2.05) is 6.07 Å². The summed E-state index contributed by atoms with van der Waals surface area (Å²) in [5.41, 5.74) is 1.35. The van der Waals surface area contributed by atoms with Crippen molar-refractivity contribution in [2.75, 3.05) is 5.75 Å².